The number of hydrogen-bond donors (Lipinski definition) is 0. The fraction of sp³-hybridized carbons (Fsp3) is 0.0968. The van der Waals surface area contributed by atoms with E-state index in [9.17, 15) is 0 Å². The molecule has 0 aliphatic rings. The Morgan fingerprint density at radius 1 is 0.541 bits per heavy atom. The van der Waals surface area contributed by atoms with Crippen LogP contribution < -0.4 is 0 Å². The molecule has 0 radical (unpaired) electrons. The second-order valence-corrected chi connectivity index (χ2v) is 14.1. The van der Waals surface area contributed by atoms with E-state index in [4.69, 9.17) is 4.42 Å². The molecule has 3 aromatic carbocycles. The van der Waals surface area contributed by atoms with Crippen molar-refractivity contribution in [3.05, 3.63) is 77.4 Å². The maximum Gasteiger partial charge on any atom is 0.164 e. The van der Waals surface area contributed by atoms with Gasteiger partial charge in [-0.1, -0.05) is 35.9 Å². The third kappa shape index (κ3) is 2.64. The summed E-state index contributed by atoms with van der Waals surface area (Å²) in [4.78, 5) is 0. The Labute approximate surface area is 227 Å². The van der Waals surface area contributed by atoms with Crippen molar-refractivity contribution >= 4 is 116 Å². The van der Waals surface area contributed by atoms with Crippen LogP contribution in [-0.4, -0.2) is 4.57 Å². The molecule has 0 aliphatic carbocycles. The molecule has 178 valence electrons. The van der Waals surface area contributed by atoms with Crippen LogP contribution >= 0.6 is 45.3 Å². The molecule has 0 saturated carbocycles. The minimum atomic E-state index is 0.996. The molecule has 6 heterocycles. The Kier molecular flexibility index (Phi) is 3.96. The summed E-state index contributed by atoms with van der Waals surface area (Å²) in [6.45, 7) is 6.46. The van der Waals surface area contributed by atoms with Gasteiger partial charge in [-0.3, -0.25) is 0 Å². The van der Waals surface area contributed by atoms with Crippen molar-refractivity contribution in [2.75, 3.05) is 0 Å². The van der Waals surface area contributed by atoms with E-state index in [2.05, 4.69) is 86.0 Å². The molecule has 0 bridgehead atoms. The highest BCUT2D eigenvalue weighted by atomic mass is 32.1. The van der Waals surface area contributed by atoms with Gasteiger partial charge in [0.05, 0.1) is 43.9 Å². The number of aryl methyl sites for hydroxylation is 3. The monoisotopic (exact) mass is 549 g/mol. The number of aromatic nitrogens is 1. The summed E-state index contributed by atoms with van der Waals surface area (Å²) in [5.41, 5.74) is 9.79. The van der Waals surface area contributed by atoms with Gasteiger partial charge < -0.3 is 8.98 Å². The predicted molar refractivity (Wildman–Crippen MR) is 166 cm³/mol. The van der Waals surface area contributed by atoms with Gasteiger partial charge in [0.2, 0.25) is 0 Å². The number of nitrogens with zero attached hydrogens (tertiary/aromatic N) is 1. The quantitative estimate of drug-likeness (QED) is 0.199. The molecule has 37 heavy (non-hydrogen) atoms. The molecule has 0 N–H and O–H groups in total. The average molecular weight is 550 g/mol. The van der Waals surface area contributed by atoms with Crippen LogP contribution in [0.4, 0.5) is 0 Å². The van der Waals surface area contributed by atoms with Crippen LogP contribution in [0.3, 0.4) is 0 Å². The standard InChI is InChI=1S/C31H19NOS4/c1-14-4-8-17(9-5-14)32-22-19-11-7-16(3)13-21(19)34-26(22)27-23(32)28-30(37-27)31-29(36-28)24-25(35-31)18-10-6-15(2)12-20(18)33-24/h4-13H,1-3H3. The fourth-order valence-electron chi connectivity index (χ4n) is 5.67. The van der Waals surface area contributed by atoms with Gasteiger partial charge in [0.1, 0.15) is 5.58 Å². The predicted octanol–water partition coefficient (Wildman–Crippen LogP) is 11.3. The van der Waals surface area contributed by atoms with Crippen LogP contribution in [0.5, 0.6) is 0 Å². The zero-order chi connectivity index (χ0) is 24.6. The Morgan fingerprint density at radius 2 is 1.16 bits per heavy atom. The molecule has 0 unspecified atom stereocenters. The van der Waals surface area contributed by atoms with Gasteiger partial charge in [-0.2, -0.15) is 0 Å². The van der Waals surface area contributed by atoms with E-state index in [0.29, 0.717) is 0 Å². The molecule has 2 nitrogen and oxygen atoms in total. The molecule has 9 aromatic rings. The van der Waals surface area contributed by atoms with Gasteiger partial charge in [-0.25, -0.2) is 0 Å². The number of hydrogen-bond acceptors (Lipinski definition) is 5. The van der Waals surface area contributed by atoms with Crippen molar-refractivity contribution in [1.82, 2.24) is 4.57 Å². The second-order valence-electron chi connectivity index (χ2n) is 10.0. The highest BCUT2D eigenvalue weighted by molar-refractivity contribution is 7.44. The molecule has 0 atom stereocenters. The van der Waals surface area contributed by atoms with Gasteiger partial charge in [-0.15, -0.1) is 45.3 Å². The summed E-state index contributed by atoms with van der Waals surface area (Å²) >= 11 is 7.70. The van der Waals surface area contributed by atoms with Crippen LogP contribution in [-0.2, 0) is 0 Å². The third-order valence-corrected chi connectivity index (χ3v) is 12.7. The topological polar surface area (TPSA) is 18.1 Å². The van der Waals surface area contributed by atoms with E-state index in [1.165, 1.54) is 81.8 Å². The summed E-state index contributed by atoms with van der Waals surface area (Å²) in [5.74, 6) is 0. The van der Waals surface area contributed by atoms with Crippen LogP contribution in [0.15, 0.2) is 65.1 Å². The largest absolute Gasteiger partial charge is 0.454 e. The van der Waals surface area contributed by atoms with Crippen LogP contribution in [0.1, 0.15) is 16.7 Å². The Hall–Kier alpha value is -3.16. The molecule has 0 spiro atoms. The molecular weight excluding hydrogens is 531 g/mol. The normalized spacial score (nSPS) is 12.7. The summed E-state index contributed by atoms with van der Waals surface area (Å²) < 4.78 is 19.9. The lowest BCUT2D eigenvalue weighted by molar-refractivity contribution is 0.673. The zero-order valence-corrected chi connectivity index (χ0v) is 23.5. The Morgan fingerprint density at radius 3 is 2.00 bits per heavy atom. The SMILES string of the molecule is Cc1ccc(-n2c3c4ccc(C)cc4sc3c3sc4c5sc6c7ccc(C)cc7oc6c5sc4c32)cc1. The number of furan rings is 1. The van der Waals surface area contributed by atoms with Crippen molar-refractivity contribution in [1.29, 1.82) is 0 Å². The van der Waals surface area contributed by atoms with Crippen molar-refractivity contribution in [3.63, 3.8) is 0 Å². The van der Waals surface area contributed by atoms with Gasteiger partial charge in [0.15, 0.2) is 5.58 Å². The van der Waals surface area contributed by atoms with Crippen molar-refractivity contribution in [2.24, 2.45) is 0 Å². The van der Waals surface area contributed by atoms with E-state index in [1.54, 1.807) is 0 Å². The molecule has 0 fully saturated rings. The molecule has 0 saturated heterocycles. The average Bonchev–Trinajstić information content (AvgIpc) is 3.67. The van der Waals surface area contributed by atoms with Gasteiger partial charge in [-0.05, 0) is 62.2 Å². The Balaban J connectivity index is 1.46. The van der Waals surface area contributed by atoms with Gasteiger partial charge >= 0.3 is 0 Å². The first-order valence-corrected chi connectivity index (χ1v) is 15.5. The lowest BCUT2D eigenvalue weighted by Gasteiger charge is -2.08. The highest BCUT2D eigenvalue weighted by Gasteiger charge is 2.26. The van der Waals surface area contributed by atoms with E-state index in [1.807, 2.05) is 45.3 Å². The van der Waals surface area contributed by atoms with Crippen molar-refractivity contribution in [3.8, 4) is 5.69 Å². The number of benzene rings is 3. The highest BCUT2D eigenvalue weighted by Crippen LogP contribution is 2.55. The lowest BCUT2D eigenvalue weighted by Crippen LogP contribution is -1.93. The van der Waals surface area contributed by atoms with E-state index >= 15 is 0 Å². The van der Waals surface area contributed by atoms with E-state index in [0.717, 1.165) is 11.2 Å². The van der Waals surface area contributed by atoms with E-state index < -0.39 is 0 Å². The molecule has 9 rings (SSSR count). The second kappa shape index (κ2) is 7.03. The zero-order valence-electron chi connectivity index (χ0n) is 20.3. The first kappa shape index (κ1) is 20.8. The molecule has 0 amide bonds. The van der Waals surface area contributed by atoms with E-state index in [-0.39, 0.29) is 0 Å². The maximum absolute atomic E-state index is 6.46. The molecule has 0 aliphatic heterocycles. The minimum absolute atomic E-state index is 0.996. The summed E-state index contributed by atoms with van der Waals surface area (Å²) in [7, 11) is 0. The maximum atomic E-state index is 6.46. The molecule has 6 aromatic heterocycles. The number of rotatable bonds is 1. The first-order valence-electron chi connectivity index (χ1n) is 12.3. The van der Waals surface area contributed by atoms with Crippen molar-refractivity contribution < 1.29 is 4.42 Å². The third-order valence-electron chi connectivity index (χ3n) is 7.43. The minimum Gasteiger partial charge on any atom is -0.454 e. The van der Waals surface area contributed by atoms with Crippen molar-refractivity contribution in [2.45, 2.75) is 20.8 Å². The van der Waals surface area contributed by atoms with Crippen LogP contribution in [0, 0.1) is 20.8 Å². The van der Waals surface area contributed by atoms with Crippen LogP contribution in [0.25, 0.3) is 76.3 Å². The summed E-state index contributed by atoms with van der Waals surface area (Å²) in [5, 5.41) is 2.57. The number of fused-ring (bicyclic) bond motifs is 13. The first-order chi connectivity index (χ1) is 18.0. The molecule has 6 heteroatoms. The summed E-state index contributed by atoms with van der Waals surface area (Å²) in [6.07, 6.45) is 0. The van der Waals surface area contributed by atoms with Gasteiger partial charge in [0.25, 0.3) is 0 Å². The lowest BCUT2D eigenvalue weighted by atomic mass is 10.2. The fourth-order valence-corrected chi connectivity index (χ4v) is 11.4. The van der Waals surface area contributed by atoms with Gasteiger partial charge in [0, 0.05) is 21.2 Å². The van der Waals surface area contributed by atoms with Crippen LogP contribution in [0.2, 0.25) is 0 Å². The smallest absolute Gasteiger partial charge is 0.164 e. The molecular formula is C31H19NOS4. The summed E-state index contributed by atoms with van der Waals surface area (Å²) in [6, 6.07) is 22.4. The Bertz CT molecular complexity index is 2380. The number of thiophene rings is 4.